The van der Waals surface area contributed by atoms with Gasteiger partial charge in [-0.1, -0.05) is 47.5 Å². The van der Waals surface area contributed by atoms with E-state index in [4.69, 9.17) is 33.0 Å². The van der Waals surface area contributed by atoms with E-state index in [0.717, 1.165) is 28.3 Å². The Balaban J connectivity index is 1.84. The maximum absolute atomic E-state index is 12.0. The molecule has 0 bridgehead atoms. The van der Waals surface area contributed by atoms with Crippen LogP contribution in [0.25, 0.3) is 22.9 Å². The van der Waals surface area contributed by atoms with Crippen molar-refractivity contribution in [3.63, 3.8) is 0 Å². The first-order valence-corrected chi connectivity index (χ1v) is 11.1. The highest BCUT2D eigenvalue weighted by molar-refractivity contribution is 6.38. The zero-order chi connectivity index (χ0) is 23.5. The van der Waals surface area contributed by atoms with Gasteiger partial charge in [0, 0.05) is 5.03 Å². The van der Waals surface area contributed by atoms with Gasteiger partial charge in [-0.3, -0.25) is 0 Å². The average Bonchev–Trinajstić information content (AvgIpc) is 3.24. The van der Waals surface area contributed by atoms with Crippen molar-refractivity contribution in [3.8, 4) is 11.4 Å². The van der Waals surface area contributed by atoms with Crippen LogP contribution < -0.4 is 4.74 Å². The predicted octanol–water partition coefficient (Wildman–Crippen LogP) is 6.33. The SMILES string of the molecule is COc1ccc(-n2nc(/C=C(\C(=O)O)c3ccc(C)cc3)cc2C2=CC=C(Cl)C(Cl)C2)cc1. The van der Waals surface area contributed by atoms with Crippen molar-refractivity contribution >= 4 is 46.4 Å². The summed E-state index contributed by atoms with van der Waals surface area (Å²) in [6.07, 6.45) is 5.82. The summed E-state index contributed by atoms with van der Waals surface area (Å²) >= 11 is 12.6. The fourth-order valence-corrected chi connectivity index (χ4v) is 3.98. The van der Waals surface area contributed by atoms with Crippen molar-refractivity contribution in [2.24, 2.45) is 0 Å². The van der Waals surface area contributed by atoms with Gasteiger partial charge in [0.15, 0.2) is 0 Å². The molecule has 1 aromatic heterocycles. The number of alkyl halides is 1. The van der Waals surface area contributed by atoms with Crippen LogP contribution in [0.4, 0.5) is 0 Å². The quantitative estimate of drug-likeness (QED) is 0.330. The minimum absolute atomic E-state index is 0.164. The van der Waals surface area contributed by atoms with Crippen molar-refractivity contribution in [2.75, 3.05) is 7.11 Å². The maximum Gasteiger partial charge on any atom is 0.336 e. The first-order chi connectivity index (χ1) is 15.9. The summed E-state index contributed by atoms with van der Waals surface area (Å²) < 4.78 is 7.04. The molecular formula is C26H22Cl2N2O3. The van der Waals surface area contributed by atoms with Crippen molar-refractivity contribution in [1.82, 2.24) is 9.78 Å². The lowest BCUT2D eigenvalue weighted by Crippen LogP contribution is -2.08. The van der Waals surface area contributed by atoms with Gasteiger partial charge in [0.2, 0.25) is 0 Å². The van der Waals surface area contributed by atoms with Gasteiger partial charge in [0.25, 0.3) is 0 Å². The van der Waals surface area contributed by atoms with E-state index in [9.17, 15) is 9.90 Å². The second-order valence-corrected chi connectivity index (χ2v) is 8.67. The molecule has 0 saturated carbocycles. The summed E-state index contributed by atoms with van der Waals surface area (Å²) in [6, 6.07) is 16.7. The number of carboxylic acid groups (broad SMARTS) is 1. The third-order valence-electron chi connectivity index (χ3n) is 5.40. The van der Waals surface area contributed by atoms with Crippen LogP contribution in [0.15, 0.2) is 71.8 Å². The molecule has 5 nitrogen and oxygen atoms in total. The lowest BCUT2D eigenvalue weighted by Gasteiger charge is -2.17. The Kier molecular flexibility index (Phi) is 6.72. The summed E-state index contributed by atoms with van der Waals surface area (Å²) in [5.74, 6) is -0.292. The number of benzene rings is 2. The van der Waals surface area contributed by atoms with Crippen LogP contribution in [0.1, 0.15) is 28.9 Å². The molecule has 7 heteroatoms. The number of carbonyl (C=O) groups is 1. The third kappa shape index (κ3) is 5.05. The van der Waals surface area contributed by atoms with Gasteiger partial charge in [-0.05, 0) is 67.0 Å². The lowest BCUT2D eigenvalue weighted by molar-refractivity contribution is -0.130. The Hall–Kier alpha value is -3.28. The number of hydrogen-bond donors (Lipinski definition) is 1. The first-order valence-electron chi connectivity index (χ1n) is 10.3. The number of methoxy groups -OCH3 is 1. The molecule has 2 aromatic carbocycles. The van der Waals surface area contributed by atoms with Crippen LogP contribution in [0.5, 0.6) is 5.75 Å². The van der Waals surface area contributed by atoms with E-state index in [1.54, 1.807) is 36.1 Å². The Bertz CT molecular complexity index is 1270. The first kappa shape index (κ1) is 22.9. The Morgan fingerprint density at radius 1 is 1.15 bits per heavy atom. The zero-order valence-electron chi connectivity index (χ0n) is 18.1. The second-order valence-electron chi connectivity index (χ2n) is 7.71. The van der Waals surface area contributed by atoms with Gasteiger partial charge in [0.05, 0.1) is 35.1 Å². The van der Waals surface area contributed by atoms with Gasteiger partial charge in [-0.15, -0.1) is 11.6 Å². The van der Waals surface area contributed by atoms with Gasteiger partial charge in [0.1, 0.15) is 5.75 Å². The molecule has 0 spiro atoms. The number of aliphatic carboxylic acids is 1. The summed E-state index contributed by atoms with van der Waals surface area (Å²) in [7, 11) is 1.61. The third-order valence-corrected chi connectivity index (χ3v) is 6.29. The molecule has 1 aliphatic rings. The maximum atomic E-state index is 12.0. The van der Waals surface area contributed by atoms with Gasteiger partial charge in [-0.2, -0.15) is 5.10 Å². The van der Waals surface area contributed by atoms with Gasteiger partial charge >= 0.3 is 5.97 Å². The van der Waals surface area contributed by atoms with Crippen LogP contribution in [-0.4, -0.2) is 33.3 Å². The highest BCUT2D eigenvalue weighted by Gasteiger charge is 2.21. The number of ether oxygens (including phenoxy) is 1. The molecule has 1 heterocycles. The van der Waals surface area contributed by atoms with Crippen LogP contribution >= 0.6 is 23.2 Å². The van der Waals surface area contributed by atoms with E-state index in [0.29, 0.717) is 22.7 Å². The topological polar surface area (TPSA) is 64.4 Å². The van der Waals surface area contributed by atoms with E-state index in [-0.39, 0.29) is 11.0 Å². The minimum Gasteiger partial charge on any atom is -0.497 e. The van der Waals surface area contributed by atoms with E-state index in [2.05, 4.69) is 0 Å². The average molecular weight is 481 g/mol. The molecule has 0 aliphatic heterocycles. The minimum atomic E-state index is -1.02. The summed E-state index contributed by atoms with van der Waals surface area (Å²) in [4.78, 5) is 12.0. The Labute approximate surface area is 202 Å². The highest BCUT2D eigenvalue weighted by atomic mass is 35.5. The molecule has 0 amide bonds. The van der Waals surface area contributed by atoms with Gasteiger partial charge < -0.3 is 9.84 Å². The number of hydrogen-bond acceptors (Lipinski definition) is 3. The Morgan fingerprint density at radius 2 is 1.85 bits per heavy atom. The van der Waals surface area contributed by atoms with Crippen LogP contribution in [0.2, 0.25) is 0 Å². The van der Waals surface area contributed by atoms with Crippen molar-refractivity contribution in [1.29, 1.82) is 0 Å². The number of allylic oxidation sites excluding steroid dienone is 4. The smallest absolute Gasteiger partial charge is 0.336 e. The molecule has 33 heavy (non-hydrogen) atoms. The van der Waals surface area contributed by atoms with Crippen LogP contribution in [-0.2, 0) is 4.79 Å². The van der Waals surface area contributed by atoms with Gasteiger partial charge in [-0.25, -0.2) is 9.48 Å². The molecule has 4 rings (SSSR count). The molecule has 168 valence electrons. The molecule has 0 fully saturated rings. The number of nitrogens with zero attached hydrogens (tertiary/aromatic N) is 2. The molecule has 1 N–H and O–H groups in total. The number of aromatic nitrogens is 2. The Morgan fingerprint density at radius 3 is 2.45 bits per heavy atom. The monoisotopic (exact) mass is 480 g/mol. The van der Waals surface area contributed by atoms with E-state index >= 15 is 0 Å². The zero-order valence-corrected chi connectivity index (χ0v) is 19.6. The standard InChI is InChI=1S/C26H22Cl2N2O3/c1-16-3-5-17(6-4-16)22(26(31)32)14-19-15-25(18-7-12-23(27)24(28)13-18)30(29-19)20-8-10-21(33-2)11-9-20/h3-12,14-15,24H,13H2,1-2H3,(H,31,32)/b22-14-. The molecule has 1 aliphatic carbocycles. The lowest BCUT2D eigenvalue weighted by atomic mass is 10.00. The summed E-state index contributed by atoms with van der Waals surface area (Å²) in [5.41, 5.74) is 4.93. The molecule has 0 saturated heterocycles. The molecule has 1 unspecified atom stereocenters. The van der Waals surface area contributed by atoms with E-state index in [1.807, 2.05) is 55.5 Å². The summed E-state index contributed by atoms with van der Waals surface area (Å²) in [5, 5.41) is 14.8. The molecular weight excluding hydrogens is 459 g/mol. The van der Waals surface area contributed by atoms with E-state index in [1.165, 1.54) is 0 Å². The fraction of sp³-hybridized carbons (Fsp3) is 0.154. The van der Waals surface area contributed by atoms with Crippen molar-refractivity contribution in [3.05, 3.63) is 94.3 Å². The second kappa shape index (κ2) is 9.69. The number of halogens is 2. The highest BCUT2D eigenvalue weighted by Crippen LogP contribution is 2.34. The largest absolute Gasteiger partial charge is 0.497 e. The number of carboxylic acids is 1. The number of aryl methyl sites for hydroxylation is 1. The predicted molar refractivity (Wildman–Crippen MR) is 133 cm³/mol. The van der Waals surface area contributed by atoms with Crippen molar-refractivity contribution in [2.45, 2.75) is 18.7 Å². The molecule has 3 aromatic rings. The molecule has 0 radical (unpaired) electrons. The summed E-state index contributed by atoms with van der Waals surface area (Å²) in [6.45, 7) is 1.96. The van der Waals surface area contributed by atoms with Crippen molar-refractivity contribution < 1.29 is 14.6 Å². The number of rotatable bonds is 6. The van der Waals surface area contributed by atoms with Crippen LogP contribution in [0, 0.1) is 6.92 Å². The van der Waals surface area contributed by atoms with Crippen LogP contribution in [0.3, 0.4) is 0 Å². The fourth-order valence-electron chi connectivity index (χ4n) is 3.60. The van der Waals surface area contributed by atoms with E-state index < -0.39 is 5.97 Å². The normalized spacial score (nSPS) is 16.2. The molecule has 1 atom stereocenters.